The molecule has 0 aliphatic carbocycles. The van der Waals surface area contributed by atoms with Crippen LogP contribution in [0.1, 0.15) is 28.8 Å². The van der Waals surface area contributed by atoms with Crippen LogP contribution in [0, 0.1) is 0 Å². The molecule has 2 aliphatic heterocycles. The van der Waals surface area contributed by atoms with Gasteiger partial charge in [-0.05, 0) is 49.1 Å². The van der Waals surface area contributed by atoms with Gasteiger partial charge in [-0.1, -0.05) is 18.2 Å². The highest BCUT2D eigenvalue weighted by molar-refractivity contribution is 7.99. The Hall–Kier alpha value is -2.18. The number of nitrogens with one attached hydrogen (secondary N) is 1. The lowest BCUT2D eigenvalue weighted by Crippen LogP contribution is -2.26. The van der Waals surface area contributed by atoms with Gasteiger partial charge in [-0.3, -0.25) is 4.79 Å². The zero-order valence-electron chi connectivity index (χ0n) is 15.8. The van der Waals surface area contributed by atoms with Gasteiger partial charge < -0.3 is 19.5 Å². The SMILES string of the molecule is O=C(NCCc1ccc2c(c1)OCCO2)c1ccccc1SC[C@H]1CCCO1. The van der Waals surface area contributed by atoms with Crippen molar-refractivity contribution in [3.05, 3.63) is 53.6 Å². The molecule has 4 rings (SSSR count). The van der Waals surface area contributed by atoms with Gasteiger partial charge >= 0.3 is 0 Å². The summed E-state index contributed by atoms with van der Waals surface area (Å²) in [5.41, 5.74) is 1.85. The van der Waals surface area contributed by atoms with Gasteiger partial charge in [0.25, 0.3) is 5.91 Å². The number of ether oxygens (including phenoxy) is 3. The molecule has 0 radical (unpaired) electrons. The second-order valence-electron chi connectivity index (χ2n) is 6.93. The average Bonchev–Trinajstić information content (AvgIpc) is 3.26. The Labute approximate surface area is 169 Å². The third-order valence-electron chi connectivity index (χ3n) is 4.89. The van der Waals surface area contributed by atoms with Crippen molar-refractivity contribution < 1.29 is 19.0 Å². The van der Waals surface area contributed by atoms with E-state index in [0.29, 0.717) is 25.9 Å². The average molecular weight is 400 g/mol. The Morgan fingerprint density at radius 2 is 1.93 bits per heavy atom. The molecular weight excluding hydrogens is 374 g/mol. The van der Waals surface area contributed by atoms with Crippen molar-refractivity contribution in [1.29, 1.82) is 0 Å². The second-order valence-corrected chi connectivity index (χ2v) is 7.99. The molecule has 0 spiro atoms. The largest absolute Gasteiger partial charge is 0.486 e. The summed E-state index contributed by atoms with van der Waals surface area (Å²) in [5.74, 6) is 2.43. The van der Waals surface area contributed by atoms with Crippen LogP contribution < -0.4 is 14.8 Å². The van der Waals surface area contributed by atoms with Crippen LogP contribution in [-0.4, -0.2) is 44.1 Å². The van der Waals surface area contributed by atoms with E-state index < -0.39 is 0 Å². The lowest BCUT2D eigenvalue weighted by molar-refractivity contribution is 0.0951. The van der Waals surface area contributed by atoms with Crippen LogP contribution >= 0.6 is 11.8 Å². The Morgan fingerprint density at radius 3 is 2.79 bits per heavy atom. The number of fused-ring (bicyclic) bond motifs is 1. The highest BCUT2D eigenvalue weighted by Gasteiger charge is 2.18. The van der Waals surface area contributed by atoms with Gasteiger partial charge in [-0.15, -0.1) is 11.8 Å². The third-order valence-corrected chi connectivity index (χ3v) is 6.09. The van der Waals surface area contributed by atoms with Crippen LogP contribution in [0.2, 0.25) is 0 Å². The molecular formula is C22H25NO4S. The number of benzene rings is 2. The van der Waals surface area contributed by atoms with E-state index in [9.17, 15) is 4.79 Å². The third kappa shape index (κ3) is 4.80. The molecule has 0 bridgehead atoms. The number of carbonyl (C=O) groups excluding carboxylic acids is 1. The highest BCUT2D eigenvalue weighted by Crippen LogP contribution is 2.31. The van der Waals surface area contributed by atoms with Crippen molar-refractivity contribution in [1.82, 2.24) is 5.32 Å². The molecule has 5 nitrogen and oxygen atoms in total. The molecule has 2 aromatic carbocycles. The predicted molar refractivity (Wildman–Crippen MR) is 110 cm³/mol. The molecule has 2 aromatic rings. The fourth-order valence-electron chi connectivity index (χ4n) is 3.40. The maximum atomic E-state index is 12.7. The van der Waals surface area contributed by atoms with E-state index in [2.05, 4.69) is 5.32 Å². The Balaban J connectivity index is 1.31. The fourth-order valence-corrected chi connectivity index (χ4v) is 4.52. The number of carbonyl (C=O) groups is 1. The summed E-state index contributed by atoms with van der Waals surface area (Å²) >= 11 is 1.70. The molecule has 2 aliphatic rings. The summed E-state index contributed by atoms with van der Waals surface area (Å²) in [6, 6.07) is 13.7. The van der Waals surface area contributed by atoms with Crippen LogP contribution in [0.3, 0.4) is 0 Å². The minimum absolute atomic E-state index is 0.0343. The molecule has 1 N–H and O–H groups in total. The summed E-state index contributed by atoms with van der Waals surface area (Å²) < 4.78 is 16.9. The van der Waals surface area contributed by atoms with E-state index >= 15 is 0 Å². The Kier molecular flexibility index (Phi) is 6.39. The minimum atomic E-state index is -0.0343. The van der Waals surface area contributed by atoms with Gasteiger partial charge in [-0.2, -0.15) is 0 Å². The van der Waals surface area contributed by atoms with Gasteiger partial charge in [0.1, 0.15) is 13.2 Å². The van der Waals surface area contributed by atoms with E-state index in [-0.39, 0.29) is 5.91 Å². The number of thioether (sulfide) groups is 1. The van der Waals surface area contributed by atoms with E-state index in [0.717, 1.165) is 59.1 Å². The maximum Gasteiger partial charge on any atom is 0.252 e. The van der Waals surface area contributed by atoms with Gasteiger partial charge in [0.05, 0.1) is 11.7 Å². The predicted octanol–water partition coefficient (Wildman–Crippen LogP) is 3.70. The zero-order chi connectivity index (χ0) is 19.2. The first-order valence-electron chi connectivity index (χ1n) is 9.80. The molecule has 28 heavy (non-hydrogen) atoms. The molecule has 1 amide bonds. The quantitative estimate of drug-likeness (QED) is 0.720. The number of rotatable bonds is 7. The molecule has 148 valence electrons. The van der Waals surface area contributed by atoms with Crippen molar-refractivity contribution in [2.45, 2.75) is 30.3 Å². The Morgan fingerprint density at radius 1 is 1.07 bits per heavy atom. The van der Waals surface area contributed by atoms with Crippen LogP contribution in [0.25, 0.3) is 0 Å². The van der Waals surface area contributed by atoms with Crippen molar-refractivity contribution in [2.24, 2.45) is 0 Å². The summed E-state index contributed by atoms with van der Waals surface area (Å²) in [6.07, 6.45) is 3.29. The molecule has 1 saturated heterocycles. The standard InChI is InChI=1S/C22H25NO4S/c24-22(18-5-1-2-6-21(18)28-15-17-4-3-11-25-17)23-10-9-16-7-8-19-20(14-16)27-13-12-26-19/h1-2,5-8,14,17H,3-4,9-13,15H2,(H,23,24)/t17-/m1/s1. The molecule has 0 unspecified atom stereocenters. The van der Waals surface area contributed by atoms with Crippen LogP contribution in [0.4, 0.5) is 0 Å². The van der Waals surface area contributed by atoms with Gasteiger partial charge in [0.15, 0.2) is 11.5 Å². The van der Waals surface area contributed by atoms with Gasteiger partial charge in [-0.25, -0.2) is 0 Å². The van der Waals surface area contributed by atoms with Crippen LogP contribution in [0.5, 0.6) is 11.5 Å². The topological polar surface area (TPSA) is 56.8 Å². The molecule has 0 saturated carbocycles. The van der Waals surface area contributed by atoms with Gasteiger partial charge in [0.2, 0.25) is 0 Å². The molecule has 1 atom stereocenters. The molecule has 1 fully saturated rings. The first-order chi connectivity index (χ1) is 13.8. The minimum Gasteiger partial charge on any atom is -0.486 e. The van der Waals surface area contributed by atoms with E-state index in [4.69, 9.17) is 14.2 Å². The van der Waals surface area contributed by atoms with Gasteiger partial charge in [0, 0.05) is 23.8 Å². The first-order valence-corrected chi connectivity index (χ1v) is 10.8. The van der Waals surface area contributed by atoms with Crippen molar-refractivity contribution in [2.75, 3.05) is 32.1 Å². The molecule has 0 aromatic heterocycles. The number of hydrogen-bond donors (Lipinski definition) is 1. The molecule has 2 heterocycles. The summed E-state index contributed by atoms with van der Waals surface area (Å²) in [5, 5.41) is 3.04. The fraction of sp³-hybridized carbons (Fsp3) is 0.409. The first kappa shape index (κ1) is 19.2. The molecule has 6 heteroatoms. The highest BCUT2D eigenvalue weighted by atomic mass is 32.2. The monoisotopic (exact) mass is 399 g/mol. The summed E-state index contributed by atoms with van der Waals surface area (Å²) in [4.78, 5) is 13.7. The second kappa shape index (κ2) is 9.34. The summed E-state index contributed by atoms with van der Waals surface area (Å²) in [6.45, 7) is 2.59. The van der Waals surface area contributed by atoms with Crippen molar-refractivity contribution in [3.8, 4) is 11.5 Å². The van der Waals surface area contributed by atoms with Crippen LogP contribution in [0.15, 0.2) is 47.4 Å². The Bertz CT molecular complexity index is 820. The van der Waals surface area contributed by atoms with Crippen molar-refractivity contribution in [3.63, 3.8) is 0 Å². The smallest absolute Gasteiger partial charge is 0.252 e. The van der Waals surface area contributed by atoms with Crippen LogP contribution in [-0.2, 0) is 11.2 Å². The van der Waals surface area contributed by atoms with E-state index in [1.165, 1.54) is 0 Å². The number of amides is 1. The zero-order valence-corrected chi connectivity index (χ0v) is 16.6. The summed E-state index contributed by atoms with van der Waals surface area (Å²) in [7, 11) is 0. The number of hydrogen-bond acceptors (Lipinski definition) is 5. The van der Waals surface area contributed by atoms with E-state index in [1.807, 2.05) is 42.5 Å². The lowest BCUT2D eigenvalue weighted by atomic mass is 10.1. The maximum absolute atomic E-state index is 12.7. The lowest BCUT2D eigenvalue weighted by Gasteiger charge is -2.19. The van der Waals surface area contributed by atoms with Crippen molar-refractivity contribution >= 4 is 17.7 Å². The van der Waals surface area contributed by atoms with E-state index in [1.54, 1.807) is 11.8 Å². The normalized spacial score (nSPS) is 18.1.